The molecule has 0 fully saturated rings. The van der Waals surface area contributed by atoms with Gasteiger partial charge in [0.1, 0.15) is 5.75 Å². The number of nitrogens with zero attached hydrogens (tertiary/aromatic N) is 2. The van der Waals surface area contributed by atoms with Gasteiger partial charge in [0.2, 0.25) is 12.7 Å². The Morgan fingerprint density at radius 2 is 1.89 bits per heavy atom. The number of ether oxygens (including phenoxy) is 3. The number of hydrogen-bond donors (Lipinski definition) is 1. The van der Waals surface area contributed by atoms with E-state index in [2.05, 4.69) is 5.32 Å². The summed E-state index contributed by atoms with van der Waals surface area (Å²) in [7, 11) is 0. The second kappa shape index (κ2) is 9.71. The number of anilines is 1. The molecule has 0 radical (unpaired) electrons. The topological polar surface area (TPSA) is 91.7 Å². The summed E-state index contributed by atoms with van der Waals surface area (Å²) in [5.41, 5.74) is 1.61. The second-order valence-electron chi connectivity index (χ2n) is 7.80. The van der Waals surface area contributed by atoms with Gasteiger partial charge in [0, 0.05) is 11.8 Å². The largest absolute Gasteiger partial charge is 0.494 e. The highest BCUT2D eigenvalue weighted by atomic mass is 32.2. The third-order valence-electron chi connectivity index (χ3n) is 5.44. The summed E-state index contributed by atoms with van der Waals surface area (Å²) in [6.45, 7) is 4.40. The Kier molecular flexibility index (Phi) is 6.33. The van der Waals surface area contributed by atoms with Gasteiger partial charge >= 0.3 is 0 Å². The van der Waals surface area contributed by atoms with Crippen LogP contribution >= 0.6 is 11.8 Å². The summed E-state index contributed by atoms with van der Waals surface area (Å²) in [5.74, 6) is 1.71. The SMILES string of the molecule is CCOc1ccc(-n2c(S[C@@H](C)C(=O)Nc3ccc4c(c3)OCO4)nc3ccccc3c2=O)cc1. The zero-order valence-corrected chi connectivity index (χ0v) is 20.0. The predicted octanol–water partition coefficient (Wildman–Crippen LogP) is 4.63. The van der Waals surface area contributed by atoms with E-state index in [0.29, 0.717) is 51.3 Å². The van der Waals surface area contributed by atoms with Crippen LogP contribution in [-0.2, 0) is 4.79 Å². The lowest BCUT2D eigenvalue weighted by molar-refractivity contribution is -0.115. The molecule has 9 heteroatoms. The molecule has 0 saturated heterocycles. The van der Waals surface area contributed by atoms with E-state index in [4.69, 9.17) is 19.2 Å². The van der Waals surface area contributed by atoms with Crippen LogP contribution in [0.1, 0.15) is 13.8 Å². The highest BCUT2D eigenvalue weighted by molar-refractivity contribution is 8.00. The van der Waals surface area contributed by atoms with Crippen LogP contribution in [0.25, 0.3) is 16.6 Å². The van der Waals surface area contributed by atoms with Gasteiger partial charge in [-0.3, -0.25) is 14.2 Å². The summed E-state index contributed by atoms with van der Waals surface area (Å²) >= 11 is 1.21. The van der Waals surface area contributed by atoms with E-state index in [-0.39, 0.29) is 18.3 Å². The molecule has 1 aliphatic rings. The van der Waals surface area contributed by atoms with Crippen molar-refractivity contribution in [2.75, 3.05) is 18.7 Å². The minimum Gasteiger partial charge on any atom is -0.494 e. The van der Waals surface area contributed by atoms with E-state index in [1.807, 2.05) is 43.3 Å². The van der Waals surface area contributed by atoms with Crippen LogP contribution in [0.3, 0.4) is 0 Å². The van der Waals surface area contributed by atoms with Crippen molar-refractivity contribution < 1.29 is 19.0 Å². The maximum absolute atomic E-state index is 13.5. The smallest absolute Gasteiger partial charge is 0.266 e. The van der Waals surface area contributed by atoms with E-state index >= 15 is 0 Å². The zero-order valence-electron chi connectivity index (χ0n) is 19.2. The van der Waals surface area contributed by atoms with Gasteiger partial charge in [-0.05, 0) is 62.4 Å². The Bertz CT molecular complexity index is 1450. The third-order valence-corrected chi connectivity index (χ3v) is 6.49. The van der Waals surface area contributed by atoms with Crippen LogP contribution in [0.15, 0.2) is 76.7 Å². The number of thioether (sulfide) groups is 1. The number of nitrogens with one attached hydrogen (secondary N) is 1. The molecule has 1 aliphatic heterocycles. The van der Waals surface area contributed by atoms with Gasteiger partial charge in [-0.25, -0.2) is 4.98 Å². The molecule has 2 heterocycles. The lowest BCUT2D eigenvalue weighted by atomic mass is 10.2. The highest BCUT2D eigenvalue weighted by Crippen LogP contribution is 2.34. The fourth-order valence-electron chi connectivity index (χ4n) is 3.71. The number of aromatic nitrogens is 2. The van der Waals surface area contributed by atoms with Crippen molar-refractivity contribution in [2.45, 2.75) is 24.3 Å². The number of amides is 1. The fourth-order valence-corrected chi connectivity index (χ4v) is 4.63. The van der Waals surface area contributed by atoms with E-state index in [1.165, 1.54) is 16.3 Å². The molecule has 5 rings (SSSR count). The van der Waals surface area contributed by atoms with Gasteiger partial charge in [0.15, 0.2) is 16.7 Å². The number of para-hydroxylation sites is 1. The Balaban J connectivity index is 1.46. The Morgan fingerprint density at radius 3 is 2.69 bits per heavy atom. The lowest BCUT2D eigenvalue weighted by Gasteiger charge is -2.17. The monoisotopic (exact) mass is 489 g/mol. The van der Waals surface area contributed by atoms with Crippen molar-refractivity contribution in [3.8, 4) is 22.9 Å². The normalized spacial score (nSPS) is 13.0. The quantitative estimate of drug-likeness (QED) is 0.299. The molecule has 4 aromatic rings. The third kappa shape index (κ3) is 4.67. The second-order valence-corrected chi connectivity index (χ2v) is 9.10. The molecule has 0 aliphatic carbocycles. The number of carbonyl (C=O) groups excluding carboxylic acids is 1. The summed E-state index contributed by atoms with van der Waals surface area (Å²) in [4.78, 5) is 31.2. The molecule has 35 heavy (non-hydrogen) atoms. The molecule has 0 saturated carbocycles. The van der Waals surface area contributed by atoms with Crippen LogP contribution in [0.4, 0.5) is 5.69 Å². The van der Waals surface area contributed by atoms with Crippen molar-refractivity contribution >= 4 is 34.3 Å². The zero-order chi connectivity index (χ0) is 24.4. The van der Waals surface area contributed by atoms with Gasteiger partial charge in [-0.15, -0.1) is 0 Å². The van der Waals surface area contributed by atoms with Gasteiger partial charge in [-0.2, -0.15) is 0 Å². The lowest BCUT2D eigenvalue weighted by Crippen LogP contribution is -2.26. The van der Waals surface area contributed by atoms with Crippen LogP contribution in [0, 0.1) is 0 Å². The number of benzene rings is 3. The van der Waals surface area contributed by atoms with Crippen LogP contribution in [0.5, 0.6) is 17.2 Å². The molecule has 3 aromatic carbocycles. The van der Waals surface area contributed by atoms with Crippen LogP contribution < -0.4 is 25.1 Å². The first-order chi connectivity index (χ1) is 17.0. The van der Waals surface area contributed by atoms with Gasteiger partial charge in [0.05, 0.1) is 28.4 Å². The minimum absolute atomic E-state index is 0.162. The molecular weight excluding hydrogens is 466 g/mol. The highest BCUT2D eigenvalue weighted by Gasteiger charge is 2.21. The first-order valence-corrected chi connectivity index (χ1v) is 12.0. The van der Waals surface area contributed by atoms with Gasteiger partial charge < -0.3 is 19.5 Å². The van der Waals surface area contributed by atoms with Crippen molar-refractivity contribution in [2.24, 2.45) is 0 Å². The van der Waals surface area contributed by atoms with Gasteiger partial charge in [-0.1, -0.05) is 23.9 Å². The first kappa shape index (κ1) is 22.8. The molecule has 1 N–H and O–H groups in total. The number of rotatable bonds is 7. The van der Waals surface area contributed by atoms with Crippen molar-refractivity contribution in [3.05, 3.63) is 77.1 Å². The summed E-state index contributed by atoms with van der Waals surface area (Å²) in [6, 6.07) is 19.7. The molecular formula is C26H23N3O5S. The molecule has 0 bridgehead atoms. The standard InChI is InChI=1S/C26H23N3O5S/c1-3-32-19-11-9-18(10-12-19)29-25(31)20-6-4-5-7-21(20)28-26(29)35-16(2)24(30)27-17-8-13-22-23(14-17)34-15-33-22/h4-14,16H,3,15H2,1-2H3,(H,27,30)/t16-/m0/s1. The van der Waals surface area contributed by atoms with E-state index in [9.17, 15) is 9.59 Å². The van der Waals surface area contributed by atoms with E-state index < -0.39 is 5.25 Å². The van der Waals surface area contributed by atoms with Crippen molar-refractivity contribution in [1.29, 1.82) is 0 Å². The summed E-state index contributed by atoms with van der Waals surface area (Å²) in [5, 5.41) is 3.28. The van der Waals surface area contributed by atoms with Crippen molar-refractivity contribution in [3.63, 3.8) is 0 Å². The summed E-state index contributed by atoms with van der Waals surface area (Å²) < 4.78 is 17.8. The minimum atomic E-state index is -0.539. The van der Waals surface area contributed by atoms with Crippen LogP contribution in [-0.4, -0.2) is 34.1 Å². The Morgan fingerprint density at radius 1 is 1.11 bits per heavy atom. The van der Waals surface area contributed by atoms with E-state index in [0.717, 1.165) is 0 Å². The van der Waals surface area contributed by atoms with E-state index in [1.54, 1.807) is 37.3 Å². The molecule has 1 amide bonds. The molecule has 0 unspecified atom stereocenters. The fraction of sp³-hybridized carbons (Fsp3) is 0.192. The summed E-state index contributed by atoms with van der Waals surface area (Å²) in [6.07, 6.45) is 0. The van der Waals surface area contributed by atoms with Crippen molar-refractivity contribution in [1.82, 2.24) is 9.55 Å². The maximum Gasteiger partial charge on any atom is 0.266 e. The average Bonchev–Trinajstić information content (AvgIpc) is 3.33. The van der Waals surface area contributed by atoms with Gasteiger partial charge in [0.25, 0.3) is 5.56 Å². The Hall–Kier alpha value is -3.98. The molecule has 178 valence electrons. The first-order valence-electron chi connectivity index (χ1n) is 11.2. The van der Waals surface area contributed by atoms with Crippen LogP contribution in [0.2, 0.25) is 0 Å². The predicted molar refractivity (Wildman–Crippen MR) is 135 cm³/mol. The Labute approximate surface area is 205 Å². The number of hydrogen-bond acceptors (Lipinski definition) is 7. The molecule has 8 nitrogen and oxygen atoms in total. The maximum atomic E-state index is 13.5. The number of carbonyl (C=O) groups is 1. The average molecular weight is 490 g/mol. The molecule has 1 atom stereocenters. The number of fused-ring (bicyclic) bond motifs is 2. The molecule has 1 aromatic heterocycles. The molecule has 0 spiro atoms.